The van der Waals surface area contributed by atoms with Crippen molar-refractivity contribution in [2.24, 2.45) is 11.8 Å². The van der Waals surface area contributed by atoms with Gasteiger partial charge in [-0.1, -0.05) is 59.9 Å². The van der Waals surface area contributed by atoms with Crippen molar-refractivity contribution < 1.29 is 0 Å². The van der Waals surface area contributed by atoms with Crippen molar-refractivity contribution in [2.45, 2.75) is 62.6 Å². The summed E-state index contributed by atoms with van der Waals surface area (Å²) in [5.41, 5.74) is 0. The first-order valence-electron chi connectivity index (χ1n) is 6.51. The van der Waals surface area contributed by atoms with E-state index in [9.17, 15) is 0 Å². The Bertz CT molecular complexity index is 242. The lowest BCUT2D eigenvalue weighted by molar-refractivity contribution is 0.425. The summed E-state index contributed by atoms with van der Waals surface area (Å²) in [7, 11) is 0. The van der Waals surface area contributed by atoms with E-state index in [0.29, 0.717) is 10.7 Å². The zero-order chi connectivity index (χ0) is 10.5. The van der Waals surface area contributed by atoms with Crippen molar-refractivity contribution in [1.82, 2.24) is 0 Å². The molecule has 0 spiro atoms. The van der Waals surface area contributed by atoms with Gasteiger partial charge in [-0.15, -0.1) is 0 Å². The molecule has 2 fully saturated rings. The Hall–Kier alpha value is 0.0400. The summed E-state index contributed by atoms with van der Waals surface area (Å²) < 4.78 is 0. The van der Waals surface area contributed by atoms with Crippen LogP contribution in [0.5, 0.6) is 0 Å². The zero-order valence-electron chi connectivity index (χ0n) is 9.47. The van der Waals surface area contributed by atoms with Crippen LogP contribution < -0.4 is 0 Å². The molecule has 2 atom stereocenters. The molecule has 0 aromatic rings. The van der Waals surface area contributed by atoms with Gasteiger partial charge in [0.15, 0.2) is 0 Å². The van der Waals surface area contributed by atoms with Crippen LogP contribution >= 0.6 is 15.9 Å². The Kier molecular flexibility index (Phi) is 4.57. The summed E-state index contributed by atoms with van der Waals surface area (Å²) in [6.45, 7) is 0. The number of hydrogen-bond donors (Lipinski definition) is 0. The molecule has 2 unspecified atom stereocenters. The highest BCUT2D eigenvalue weighted by Crippen LogP contribution is 2.30. The van der Waals surface area contributed by atoms with Crippen LogP contribution in [-0.2, 0) is 0 Å². The smallest absolute Gasteiger partial charge is 0.0328 e. The fourth-order valence-corrected chi connectivity index (χ4v) is 3.44. The van der Waals surface area contributed by atoms with E-state index in [1.807, 2.05) is 0 Å². The van der Waals surface area contributed by atoms with E-state index in [2.05, 4.69) is 27.8 Å². The standard InChI is InChI=1S/C14H21Br/c15-14-9-5-4-8-13(14)11-10-12-6-2-1-3-7-12/h12-14H,1-9H2. The minimum Gasteiger partial charge on any atom is -0.0996 e. The van der Waals surface area contributed by atoms with Crippen molar-refractivity contribution in [3.8, 4) is 11.8 Å². The normalized spacial score (nSPS) is 33.1. The predicted octanol–water partition coefficient (Wildman–Crippen LogP) is 4.52. The molecule has 0 bridgehead atoms. The molecule has 0 N–H and O–H groups in total. The molecule has 0 saturated heterocycles. The molecule has 0 aromatic carbocycles. The minimum absolute atomic E-state index is 0.640. The second-order valence-corrected chi connectivity index (χ2v) is 6.21. The van der Waals surface area contributed by atoms with E-state index in [0.717, 1.165) is 5.92 Å². The van der Waals surface area contributed by atoms with E-state index in [4.69, 9.17) is 0 Å². The third-order valence-electron chi connectivity index (χ3n) is 3.76. The molecule has 0 aromatic heterocycles. The maximum atomic E-state index is 3.78. The summed E-state index contributed by atoms with van der Waals surface area (Å²) in [5, 5.41) is 0. The first-order valence-corrected chi connectivity index (χ1v) is 7.43. The molecule has 15 heavy (non-hydrogen) atoms. The fourth-order valence-electron chi connectivity index (χ4n) is 2.72. The molecule has 0 radical (unpaired) electrons. The molecular weight excluding hydrogens is 248 g/mol. The average Bonchev–Trinajstić information content (AvgIpc) is 2.29. The van der Waals surface area contributed by atoms with Crippen molar-refractivity contribution in [1.29, 1.82) is 0 Å². The van der Waals surface area contributed by atoms with E-state index in [1.54, 1.807) is 0 Å². The number of halogens is 1. The number of rotatable bonds is 0. The monoisotopic (exact) mass is 268 g/mol. The summed E-state index contributed by atoms with van der Waals surface area (Å²) in [5.74, 6) is 8.45. The van der Waals surface area contributed by atoms with Crippen molar-refractivity contribution in [3.05, 3.63) is 0 Å². The van der Waals surface area contributed by atoms with Gasteiger partial charge >= 0.3 is 0 Å². The Morgan fingerprint density at radius 2 is 1.40 bits per heavy atom. The van der Waals surface area contributed by atoms with Crippen LogP contribution in [0.1, 0.15) is 57.8 Å². The summed E-state index contributed by atoms with van der Waals surface area (Å²) in [6, 6.07) is 0. The molecule has 84 valence electrons. The van der Waals surface area contributed by atoms with Crippen molar-refractivity contribution in [3.63, 3.8) is 0 Å². The summed E-state index contributed by atoms with van der Waals surface area (Å²) in [6.07, 6.45) is 12.4. The Morgan fingerprint density at radius 1 is 0.733 bits per heavy atom. The summed E-state index contributed by atoms with van der Waals surface area (Å²) in [4.78, 5) is 0.669. The van der Waals surface area contributed by atoms with Crippen LogP contribution in [0.4, 0.5) is 0 Å². The Labute approximate surface area is 102 Å². The highest BCUT2D eigenvalue weighted by atomic mass is 79.9. The third kappa shape index (κ3) is 3.52. The van der Waals surface area contributed by atoms with Crippen molar-refractivity contribution in [2.75, 3.05) is 0 Å². The van der Waals surface area contributed by atoms with Gasteiger partial charge in [-0.3, -0.25) is 0 Å². The lowest BCUT2D eigenvalue weighted by Gasteiger charge is -2.23. The average molecular weight is 269 g/mol. The summed E-state index contributed by atoms with van der Waals surface area (Å²) >= 11 is 3.78. The van der Waals surface area contributed by atoms with Crippen LogP contribution in [0.15, 0.2) is 0 Å². The molecule has 2 aliphatic carbocycles. The van der Waals surface area contributed by atoms with Crippen LogP contribution in [-0.4, -0.2) is 4.83 Å². The van der Waals surface area contributed by atoms with Gasteiger partial charge < -0.3 is 0 Å². The zero-order valence-corrected chi connectivity index (χ0v) is 11.1. The third-order valence-corrected chi connectivity index (χ3v) is 4.86. The van der Waals surface area contributed by atoms with Gasteiger partial charge in [-0.2, -0.15) is 0 Å². The molecule has 2 rings (SSSR count). The molecule has 0 nitrogen and oxygen atoms in total. The van der Waals surface area contributed by atoms with E-state index in [-0.39, 0.29) is 0 Å². The van der Waals surface area contributed by atoms with Gasteiger partial charge in [-0.05, 0) is 25.7 Å². The van der Waals surface area contributed by atoms with Gasteiger partial charge in [0.25, 0.3) is 0 Å². The first-order chi connectivity index (χ1) is 7.36. The van der Waals surface area contributed by atoms with Gasteiger partial charge in [-0.25, -0.2) is 0 Å². The van der Waals surface area contributed by atoms with E-state index >= 15 is 0 Å². The largest absolute Gasteiger partial charge is 0.0996 e. The Balaban J connectivity index is 1.85. The first kappa shape index (κ1) is 11.5. The number of alkyl halides is 1. The van der Waals surface area contributed by atoms with Crippen LogP contribution in [0.2, 0.25) is 0 Å². The Morgan fingerprint density at radius 3 is 2.13 bits per heavy atom. The molecular formula is C14H21Br. The van der Waals surface area contributed by atoms with E-state index in [1.165, 1.54) is 57.8 Å². The maximum Gasteiger partial charge on any atom is 0.0328 e. The maximum absolute atomic E-state index is 3.78. The predicted molar refractivity (Wildman–Crippen MR) is 69.0 cm³/mol. The topological polar surface area (TPSA) is 0 Å². The second kappa shape index (κ2) is 5.94. The molecule has 0 heterocycles. The van der Waals surface area contributed by atoms with Gasteiger partial charge in [0.1, 0.15) is 0 Å². The SMILES string of the molecule is BrC1CCCCC1C#CC1CCCCC1. The van der Waals surface area contributed by atoms with Crippen LogP contribution in [0.3, 0.4) is 0 Å². The number of hydrogen-bond acceptors (Lipinski definition) is 0. The quantitative estimate of drug-likeness (QED) is 0.448. The van der Waals surface area contributed by atoms with E-state index < -0.39 is 0 Å². The van der Waals surface area contributed by atoms with Gasteiger partial charge in [0.05, 0.1) is 0 Å². The highest BCUT2D eigenvalue weighted by Gasteiger charge is 2.20. The molecule has 0 amide bonds. The molecule has 1 heteroatoms. The fraction of sp³-hybridized carbons (Fsp3) is 0.857. The van der Waals surface area contributed by atoms with Crippen LogP contribution in [0, 0.1) is 23.7 Å². The molecule has 0 aliphatic heterocycles. The van der Waals surface area contributed by atoms with Gasteiger partial charge in [0.2, 0.25) is 0 Å². The van der Waals surface area contributed by atoms with Crippen molar-refractivity contribution >= 4 is 15.9 Å². The molecule has 2 saturated carbocycles. The molecule has 2 aliphatic rings. The lowest BCUT2D eigenvalue weighted by atomic mass is 9.86. The highest BCUT2D eigenvalue weighted by molar-refractivity contribution is 9.09. The van der Waals surface area contributed by atoms with Crippen LogP contribution in [0.25, 0.3) is 0 Å². The second-order valence-electron chi connectivity index (χ2n) is 5.03. The lowest BCUT2D eigenvalue weighted by Crippen LogP contribution is -2.17. The van der Waals surface area contributed by atoms with Gasteiger partial charge in [0, 0.05) is 16.7 Å². The minimum atomic E-state index is 0.640.